The number of carbonyl (C=O) groups is 3. The summed E-state index contributed by atoms with van der Waals surface area (Å²) in [6.45, 7) is 3.88. The number of alkyl carbamates (subject to hydrolysis) is 1. The molecular formula is C15H21IN4O7. The minimum atomic E-state index is -1.25. The lowest BCUT2D eigenvalue weighted by molar-refractivity contribution is -0.144. The second kappa shape index (κ2) is 9.53. The molecule has 0 aromatic carbocycles. The van der Waals surface area contributed by atoms with Crippen molar-refractivity contribution in [3.8, 4) is 0 Å². The molecule has 0 aliphatic rings. The number of rotatable bonds is 7. The molecule has 0 saturated carbocycles. The van der Waals surface area contributed by atoms with Crippen molar-refractivity contribution in [2.24, 2.45) is 0 Å². The third-order valence-corrected chi connectivity index (χ3v) is 3.77. The molecule has 0 aliphatic heterocycles. The maximum Gasteiger partial charge on any atom is 0.407 e. The molecule has 11 nitrogen and oxygen atoms in total. The van der Waals surface area contributed by atoms with Crippen molar-refractivity contribution in [2.45, 2.75) is 32.9 Å². The van der Waals surface area contributed by atoms with Crippen LogP contribution in [0.1, 0.15) is 20.8 Å². The number of hydrogen-bond acceptors (Lipinski definition) is 6. The minimum absolute atomic E-state index is 0.0357. The Bertz CT molecular complexity index is 825. The van der Waals surface area contributed by atoms with Crippen molar-refractivity contribution < 1.29 is 24.2 Å². The van der Waals surface area contributed by atoms with Gasteiger partial charge in [0.15, 0.2) is 0 Å². The van der Waals surface area contributed by atoms with Crippen molar-refractivity contribution in [1.29, 1.82) is 0 Å². The smallest absolute Gasteiger partial charge is 0.407 e. The average Bonchev–Trinajstić information content (AvgIpc) is 2.49. The van der Waals surface area contributed by atoms with E-state index in [2.05, 4.69) is 10.3 Å². The summed E-state index contributed by atoms with van der Waals surface area (Å²) in [6.07, 6.45) is 0.508. The van der Waals surface area contributed by atoms with Crippen molar-refractivity contribution in [1.82, 2.24) is 19.8 Å². The van der Waals surface area contributed by atoms with Crippen molar-refractivity contribution in [2.75, 3.05) is 19.6 Å². The highest BCUT2D eigenvalue weighted by Gasteiger charge is 2.20. The van der Waals surface area contributed by atoms with E-state index in [0.717, 1.165) is 9.47 Å². The largest absolute Gasteiger partial charge is 0.480 e. The molecule has 0 atom stereocenters. The molecule has 27 heavy (non-hydrogen) atoms. The average molecular weight is 496 g/mol. The number of aromatic amines is 1. The maximum atomic E-state index is 12.4. The fourth-order valence-corrected chi connectivity index (χ4v) is 2.38. The lowest BCUT2D eigenvalue weighted by atomic mass is 10.2. The van der Waals surface area contributed by atoms with Gasteiger partial charge in [0.05, 0.1) is 3.57 Å². The number of aliphatic carboxylic acids is 1. The van der Waals surface area contributed by atoms with Gasteiger partial charge in [-0.3, -0.25) is 23.9 Å². The maximum absolute atomic E-state index is 12.4. The Morgan fingerprint density at radius 1 is 1.33 bits per heavy atom. The van der Waals surface area contributed by atoms with Gasteiger partial charge in [-0.15, -0.1) is 0 Å². The molecule has 0 fully saturated rings. The number of halogens is 1. The predicted molar refractivity (Wildman–Crippen MR) is 102 cm³/mol. The first kappa shape index (κ1) is 22.7. The topological polar surface area (TPSA) is 151 Å². The zero-order valence-electron chi connectivity index (χ0n) is 15.1. The van der Waals surface area contributed by atoms with Crippen LogP contribution in [0.2, 0.25) is 0 Å². The molecule has 12 heteroatoms. The molecule has 150 valence electrons. The van der Waals surface area contributed by atoms with E-state index in [-0.39, 0.29) is 16.7 Å². The SMILES string of the molecule is CC(C)(C)OC(=O)NCCN(CC(=O)O)C(=O)Cn1cc(I)c(=O)[nH]c1=O. The molecule has 1 aromatic rings. The first-order chi connectivity index (χ1) is 12.4. The quantitative estimate of drug-likeness (QED) is 0.434. The number of H-pyrrole nitrogens is 1. The first-order valence-corrected chi connectivity index (χ1v) is 8.92. The van der Waals surface area contributed by atoms with Crippen molar-refractivity contribution in [3.05, 3.63) is 30.6 Å². The highest BCUT2D eigenvalue weighted by Crippen LogP contribution is 2.06. The van der Waals surface area contributed by atoms with E-state index in [1.165, 1.54) is 6.20 Å². The van der Waals surface area contributed by atoms with Gasteiger partial charge in [-0.05, 0) is 43.4 Å². The Hall–Kier alpha value is -2.38. The molecule has 0 unspecified atom stereocenters. The molecule has 0 spiro atoms. The van der Waals surface area contributed by atoms with Crippen LogP contribution in [0.25, 0.3) is 0 Å². The fourth-order valence-electron chi connectivity index (χ4n) is 1.91. The summed E-state index contributed by atoms with van der Waals surface area (Å²) in [5.41, 5.74) is -2.05. The molecule has 0 saturated heterocycles. The monoisotopic (exact) mass is 496 g/mol. The molecule has 0 bridgehead atoms. The normalized spacial score (nSPS) is 11.0. The lowest BCUT2D eigenvalue weighted by Gasteiger charge is -2.23. The van der Waals surface area contributed by atoms with Crippen LogP contribution in [0.3, 0.4) is 0 Å². The second-order valence-electron chi connectivity index (χ2n) is 6.50. The van der Waals surface area contributed by atoms with Crippen LogP contribution in [-0.4, -0.2) is 62.8 Å². The van der Waals surface area contributed by atoms with E-state index in [1.54, 1.807) is 43.4 Å². The Labute approximate surface area is 167 Å². The van der Waals surface area contributed by atoms with Crippen LogP contribution in [0.4, 0.5) is 4.79 Å². The van der Waals surface area contributed by atoms with Gasteiger partial charge in [0.25, 0.3) is 5.56 Å². The van der Waals surface area contributed by atoms with E-state index in [0.29, 0.717) is 0 Å². The lowest BCUT2D eigenvalue weighted by Crippen LogP contribution is -2.45. The van der Waals surface area contributed by atoms with Crippen LogP contribution in [0, 0.1) is 3.57 Å². The zero-order chi connectivity index (χ0) is 20.8. The van der Waals surface area contributed by atoms with E-state index in [1.807, 2.05) is 0 Å². The molecule has 0 radical (unpaired) electrons. The van der Waals surface area contributed by atoms with Crippen LogP contribution in [0.15, 0.2) is 15.8 Å². The molecule has 3 N–H and O–H groups in total. The van der Waals surface area contributed by atoms with Gasteiger partial charge in [-0.2, -0.15) is 0 Å². The number of carbonyl (C=O) groups excluding carboxylic acids is 2. The molecule has 2 amide bonds. The van der Waals surface area contributed by atoms with Crippen molar-refractivity contribution >= 4 is 40.6 Å². The fraction of sp³-hybridized carbons (Fsp3) is 0.533. The minimum Gasteiger partial charge on any atom is -0.480 e. The van der Waals surface area contributed by atoms with Crippen LogP contribution >= 0.6 is 22.6 Å². The number of ether oxygens (including phenoxy) is 1. The summed E-state index contributed by atoms with van der Waals surface area (Å²) < 4.78 is 6.23. The van der Waals surface area contributed by atoms with Crippen LogP contribution < -0.4 is 16.6 Å². The third-order valence-electron chi connectivity index (χ3n) is 3.00. The Morgan fingerprint density at radius 3 is 2.52 bits per heavy atom. The van der Waals surface area contributed by atoms with Gasteiger partial charge >= 0.3 is 17.8 Å². The molecule has 1 aromatic heterocycles. The molecule has 0 aliphatic carbocycles. The number of carboxylic acids is 1. The number of nitrogens with one attached hydrogen (secondary N) is 2. The van der Waals surface area contributed by atoms with Gasteiger partial charge in [0.1, 0.15) is 18.7 Å². The number of hydrogen-bond donors (Lipinski definition) is 3. The zero-order valence-corrected chi connectivity index (χ0v) is 17.2. The van der Waals surface area contributed by atoms with E-state index in [9.17, 15) is 24.0 Å². The standard InChI is InChI=1S/C15H21IN4O7/c1-15(2,3)27-14(26)17-4-5-19(8-11(22)23)10(21)7-20-6-9(16)12(24)18-13(20)25/h6H,4-5,7-8H2,1-3H3,(H,17,26)(H,22,23)(H,18,24,25). The number of carboxylic acid groups (broad SMARTS) is 1. The van der Waals surface area contributed by atoms with E-state index in [4.69, 9.17) is 9.84 Å². The summed E-state index contributed by atoms with van der Waals surface area (Å²) in [7, 11) is 0. The predicted octanol–water partition coefficient (Wildman–Crippen LogP) is -0.421. The number of nitrogens with zero attached hydrogens (tertiary/aromatic N) is 2. The van der Waals surface area contributed by atoms with E-state index < -0.39 is 47.9 Å². The van der Waals surface area contributed by atoms with Gasteiger partial charge in [0.2, 0.25) is 5.91 Å². The van der Waals surface area contributed by atoms with Gasteiger partial charge in [-0.25, -0.2) is 9.59 Å². The van der Waals surface area contributed by atoms with Crippen molar-refractivity contribution in [3.63, 3.8) is 0 Å². The highest BCUT2D eigenvalue weighted by molar-refractivity contribution is 14.1. The molecule has 1 rings (SSSR count). The Morgan fingerprint density at radius 2 is 1.96 bits per heavy atom. The first-order valence-electron chi connectivity index (χ1n) is 7.84. The third kappa shape index (κ3) is 8.23. The van der Waals surface area contributed by atoms with E-state index >= 15 is 0 Å². The summed E-state index contributed by atoms with van der Waals surface area (Å²) in [5.74, 6) is -1.91. The van der Waals surface area contributed by atoms with Crippen LogP contribution in [-0.2, 0) is 20.9 Å². The Balaban J connectivity index is 2.76. The number of amides is 2. The summed E-state index contributed by atoms with van der Waals surface area (Å²) in [4.78, 5) is 61.1. The molecular weight excluding hydrogens is 475 g/mol. The highest BCUT2D eigenvalue weighted by atomic mass is 127. The molecule has 1 heterocycles. The van der Waals surface area contributed by atoms with Gasteiger partial charge in [-0.1, -0.05) is 0 Å². The second-order valence-corrected chi connectivity index (χ2v) is 7.66. The summed E-state index contributed by atoms with van der Waals surface area (Å²) >= 11 is 1.71. The summed E-state index contributed by atoms with van der Waals surface area (Å²) in [5, 5.41) is 11.4. The van der Waals surface area contributed by atoms with Crippen LogP contribution in [0.5, 0.6) is 0 Å². The number of aromatic nitrogens is 2. The van der Waals surface area contributed by atoms with Gasteiger partial charge in [0, 0.05) is 19.3 Å². The van der Waals surface area contributed by atoms with Gasteiger partial charge < -0.3 is 20.1 Å². The summed E-state index contributed by atoms with van der Waals surface area (Å²) in [6, 6.07) is 0. The Kier molecular flexibility index (Phi) is 7.99.